The molecular weight excluding hydrogens is 437 g/mol. The molecule has 0 amide bonds. The number of rotatable bonds is 6. The van der Waals surface area contributed by atoms with Crippen LogP contribution in [0.15, 0.2) is 45.8 Å². The molecule has 1 aliphatic carbocycles. The van der Waals surface area contributed by atoms with Gasteiger partial charge in [0.2, 0.25) is 0 Å². The van der Waals surface area contributed by atoms with E-state index in [2.05, 4.69) is 21.2 Å². The molecule has 1 fully saturated rings. The molecular formula is C16H13BrCl2NO3S. The third kappa shape index (κ3) is 4.06. The largest absolute Gasteiger partial charge is 0.361 e. The summed E-state index contributed by atoms with van der Waals surface area (Å²) in [6, 6.07) is 9.79. The lowest BCUT2D eigenvalue weighted by Crippen LogP contribution is -2.14. The van der Waals surface area contributed by atoms with Gasteiger partial charge in [-0.15, -0.1) is 0 Å². The molecule has 8 heteroatoms. The number of benzene rings is 2. The van der Waals surface area contributed by atoms with Gasteiger partial charge in [0.1, 0.15) is 6.73 Å². The molecule has 1 saturated carbocycles. The van der Waals surface area contributed by atoms with E-state index in [4.69, 9.17) is 27.4 Å². The zero-order chi connectivity index (χ0) is 17.3. The van der Waals surface area contributed by atoms with Gasteiger partial charge in [-0.05, 0) is 59.1 Å². The maximum absolute atomic E-state index is 12.2. The van der Waals surface area contributed by atoms with Crippen LogP contribution in [0.1, 0.15) is 18.4 Å². The Morgan fingerprint density at radius 1 is 1.12 bits per heavy atom. The monoisotopic (exact) mass is 448 g/mol. The summed E-state index contributed by atoms with van der Waals surface area (Å²) in [5, 5.41) is 3.93. The normalized spacial score (nSPS) is 14.6. The van der Waals surface area contributed by atoms with Crippen LogP contribution in [0, 0.1) is 5.92 Å². The first-order valence-electron chi connectivity index (χ1n) is 7.10. The number of nitrogens with one attached hydrogen (secondary N) is 1. The Labute approximate surface area is 159 Å². The van der Waals surface area contributed by atoms with Gasteiger partial charge < -0.3 is 5.32 Å². The van der Waals surface area contributed by atoms with Crippen LogP contribution in [0.5, 0.6) is 0 Å². The number of halogens is 3. The van der Waals surface area contributed by atoms with Crippen molar-refractivity contribution in [2.24, 2.45) is 0 Å². The minimum Gasteiger partial charge on any atom is -0.361 e. The molecule has 0 bridgehead atoms. The van der Waals surface area contributed by atoms with Crippen molar-refractivity contribution in [3.63, 3.8) is 0 Å². The van der Waals surface area contributed by atoms with Gasteiger partial charge in [-0.1, -0.05) is 29.3 Å². The maximum Gasteiger partial charge on any atom is 0.298 e. The minimum absolute atomic E-state index is 0.000357. The lowest BCUT2D eigenvalue weighted by atomic mass is 10.1. The van der Waals surface area contributed by atoms with Gasteiger partial charge in [0.15, 0.2) is 0 Å². The molecule has 0 atom stereocenters. The van der Waals surface area contributed by atoms with E-state index in [0.29, 0.717) is 14.5 Å². The van der Waals surface area contributed by atoms with Crippen LogP contribution in [0.25, 0.3) is 0 Å². The van der Waals surface area contributed by atoms with Crippen molar-refractivity contribution in [1.29, 1.82) is 0 Å². The molecule has 0 saturated heterocycles. The van der Waals surface area contributed by atoms with Gasteiger partial charge in [0.05, 0.1) is 9.92 Å². The highest BCUT2D eigenvalue weighted by molar-refractivity contribution is 9.10. The molecule has 0 heterocycles. The van der Waals surface area contributed by atoms with E-state index in [1.807, 2.05) is 12.1 Å². The van der Waals surface area contributed by atoms with Crippen molar-refractivity contribution in [1.82, 2.24) is 0 Å². The minimum atomic E-state index is -3.90. The molecule has 127 valence electrons. The van der Waals surface area contributed by atoms with E-state index in [1.54, 1.807) is 12.1 Å². The van der Waals surface area contributed by atoms with Gasteiger partial charge in [0, 0.05) is 26.7 Å². The fraction of sp³-hybridized carbons (Fsp3) is 0.188. The van der Waals surface area contributed by atoms with Gasteiger partial charge in [-0.2, -0.15) is 8.42 Å². The second-order valence-electron chi connectivity index (χ2n) is 5.23. The predicted molar refractivity (Wildman–Crippen MR) is 98.9 cm³/mol. The van der Waals surface area contributed by atoms with Gasteiger partial charge in [-0.3, -0.25) is 0 Å². The lowest BCUT2D eigenvalue weighted by molar-refractivity contribution is 0.343. The maximum atomic E-state index is 12.2. The van der Waals surface area contributed by atoms with Crippen LogP contribution in [0.3, 0.4) is 0 Å². The molecule has 4 nitrogen and oxygen atoms in total. The Balaban J connectivity index is 1.70. The molecule has 0 spiro atoms. The highest BCUT2D eigenvalue weighted by atomic mass is 79.9. The zero-order valence-electron chi connectivity index (χ0n) is 12.4. The van der Waals surface area contributed by atoms with E-state index in [-0.39, 0.29) is 11.6 Å². The van der Waals surface area contributed by atoms with Gasteiger partial charge in [0.25, 0.3) is 10.1 Å². The van der Waals surface area contributed by atoms with Gasteiger partial charge >= 0.3 is 0 Å². The Kier molecular flexibility index (Phi) is 5.42. The highest BCUT2D eigenvalue weighted by Gasteiger charge is 2.29. The van der Waals surface area contributed by atoms with E-state index in [1.165, 1.54) is 18.1 Å². The molecule has 1 aliphatic rings. The second kappa shape index (κ2) is 7.22. The fourth-order valence-electron chi connectivity index (χ4n) is 2.23. The van der Waals surface area contributed by atoms with Crippen molar-refractivity contribution >= 4 is 54.9 Å². The molecule has 2 aromatic carbocycles. The number of hydrogen-bond acceptors (Lipinski definition) is 4. The topological polar surface area (TPSA) is 55.4 Å². The Morgan fingerprint density at radius 3 is 2.54 bits per heavy atom. The summed E-state index contributed by atoms with van der Waals surface area (Å²) < 4.78 is 30.1. The zero-order valence-corrected chi connectivity index (χ0v) is 16.3. The van der Waals surface area contributed by atoms with E-state index in [9.17, 15) is 8.42 Å². The Hall–Kier alpha value is -0.790. The lowest BCUT2D eigenvalue weighted by Gasteiger charge is -2.13. The summed E-state index contributed by atoms with van der Waals surface area (Å²) in [4.78, 5) is 0.000357. The fourth-order valence-corrected chi connectivity index (χ4v) is 3.88. The Bertz CT molecular complexity index is 870. The quantitative estimate of drug-likeness (QED) is 0.483. The summed E-state index contributed by atoms with van der Waals surface area (Å²) in [6.45, 7) is -0.198. The summed E-state index contributed by atoms with van der Waals surface area (Å²) in [5.74, 6) is 1.26. The van der Waals surface area contributed by atoms with Crippen LogP contribution in [0.4, 0.5) is 5.69 Å². The van der Waals surface area contributed by atoms with Crippen molar-refractivity contribution in [3.05, 3.63) is 62.4 Å². The second-order valence-corrected chi connectivity index (χ2v) is 8.52. The molecule has 0 unspecified atom stereocenters. The van der Waals surface area contributed by atoms with Crippen LogP contribution in [-0.2, 0) is 14.3 Å². The highest BCUT2D eigenvalue weighted by Crippen LogP contribution is 2.45. The van der Waals surface area contributed by atoms with Gasteiger partial charge in [-0.25, -0.2) is 4.18 Å². The Morgan fingerprint density at radius 2 is 1.88 bits per heavy atom. The first-order chi connectivity index (χ1) is 11.4. The summed E-state index contributed by atoms with van der Waals surface area (Å²) >= 11 is 15.4. The molecule has 2 aromatic rings. The summed E-state index contributed by atoms with van der Waals surface area (Å²) in [7, 11) is -3.90. The van der Waals surface area contributed by atoms with Crippen LogP contribution < -0.4 is 5.32 Å². The van der Waals surface area contributed by atoms with Crippen LogP contribution >= 0.6 is 39.1 Å². The van der Waals surface area contributed by atoms with Crippen molar-refractivity contribution in [2.45, 2.75) is 17.7 Å². The van der Waals surface area contributed by atoms with E-state index >= 15 is 0 Å². The first-order valence-corrected chi connectivity index (χ1v) is 10.1. The molecule has 1 radical (unpaired) electrons. The molecule has 24 heavy (non-hydrogen) atoms. The van der Waals surface area contributed by atoms with E-state index < -0.39 is 10.1 Å². The molecule has 0 aromatic heterocycles. The van der Waals surface area contributed by atoms with Crippen LogP contribution in [-0.4, -0.2) is 15.1 Å². The van der Waals surface area contributed by atoms with E-state index in [0.717, 1.165) is 24.1 Å². The smallest absolute Gasteiger partial charge is 0.298 e. The average molecular weight is 450 g/mol. The molecule has 0 aliphatic heterocycles. The molecule has 1 N–H and O–H groups in total. The van der Waals surface area contributed by atoms with Crippen molar-refractivity contribution < 1.29 is 12.6 Å². The third-order valence-electron chi connectivity index (χ3n) is 3.52. The summed E-state index contributed by atoms with van der Waals surface area (Å²) in [5.41, 5.74) is 1.70. The van der Waals surface area contributed by atoms with Crippen molar-refractivity contribution in [3.8, 4) is 0 Å². The van der Waals surface area contributed by atoms with Crippen LogP contribution in [0.2, 0.25) is 10.0 Å². The average Bonchev–Trinajstić information content (AvgIpc) is 3.34. The summed E-state index contributed by atoms with van der Waals surface area (Å²) in [6.07, 6.45) is 2.02. The SMILES string of the molecule is O=S(=O)(OCNc1cccc(Cl)c1[C]1CC1)c1ccc(Br)c(Cl)c1. The predicted octanol–water partition coefficient (Wildman–Crippen LogP) is 5.25. The number of hydrogen-bond donors (Lipinski definition) is 1. The standard InChI is InChI=1S/C16H13BrCl2NO3S/c17-12-7-6-11(8-14(12)19)24(21,22)23-9-20-15-3-1-2-13(18)16(15)10-4-5-10/h1-3,6-8,20H,4-5,9H2. The van der Waals surface area contributed by atoms with Crippen molar-refractivity contribution in [2.75, 3.05) is 12.0 Å². The third-order valence-corrected chi connectivity index (χ3v) is 6.33. The first kappa shape index (κ1) is 18.0. The molecule has 3 rings (SSSR count). The number of anilines is 1.